The summed E-state index contributed by atoms with van der Waals surface area (Å²) in [5.74, 6) is 0. The molecule has 0 saturated heterocycles. The third-order valence-corrected chi connectivity index (χ3v) is 4.00. The fraction of sp³-hybridized carbons (Fsp3) is 0.200. The Balaban J connectivity index is 1.85. The van der Waals surface area contributed by atoms with Gasteiger partial charge in [0.05, 0.1) is 21.3 Å². The molecule has 3 nitrogen and oxygen atoms in total. The van der Waals surface area contributed by atoms with E-state index in [1.54, 1.807) is 17.5 Å². The Morgan fingerprint density at radius 1 is 1.26 bits per heavy atom. The molecule has 2 heterocycles. The number of hydrogen-bond donors (Lipinski definition) is 1. The number of hydrogen-bond acceptors (Lipinski definition) is 4. The lowest BCUT2D eigenvalue weighted by Crippen LogP contribution is -2.06. The van der Waals surface area contributed by atoms with Crippen molar-refractivity contribution in [1.82, 2.24) is 9.97 Å². The van der Waals surface area contributed by atoms with Crippen LogP contribution < -0.4 is 5.32 Å². The van der Waals surface area contributed by atoms with Crippen molar-refractivity contribution in [3.8, 4) is 0 Å². The molecule has 3 rings (SSSR count). The van der Waals surface area contributed by atoms with Crippen LogP contribution in [0, 0.1) is 6.92 Å². The second-order valence-electron chi connectivity index (χ2n) is 4.57. The van der Waals surface area contributed by atoms with Gasteiger partial charge in [-0.2, -0.15) is 0 Å². The highest BCUT2D eigenvalue weighted by atomic mass is 32.1. The minimum absolute atomic E-state index is 0.236. The van der Waals surface area contributed by atoms with Gasteiger partial charge in [-0.1, -0.05) is 6.07 Å². The Kier molecular flexibility index (Phi) is 3.17. The van der Waals surface area contributed by atoms with Crippen LogP contribution in [0.1, 0.15) is 23.5 Å². The number of thiazole rings is 1. The van der Waals surface area contributed by atoms with Gasteiger partial charge in [-0.15, -0.1) is 11.3 Å². The number of nitrogens with one attached hydrogen (secondary N) is 1. The number of aryl methyl sites for hydroxylation is 1. The molecule has 0 aliphatic carbocycles. The van der Waals surface area contributed by atoms with Gasteiger partial charge in [0.15, 0.2) is 0 Å². The Morgan fingerprint density at radius 3 is 2.95 bits per heavy atom. The van der Waals surface area contributed by atoms with Crippen LogP contribution in [0.25, 0.3) is 10.2 Å². The summed E-state index contributed by atoms with van der Waals surface area (Å²) in [6.45, 7) is 4.18. The molecule has 0 fully saturated rings. The number of pyridine rings is 1. The number of rotatable bonds is 3. The van der Waals surface area contributed by atoms with Crippen LogP contribution in [0.4, 0.5) is 5.69 Å². The zero-order chi connectivity index (χ0) is 13.2. The summed E-state index contributed by atoms with van der Waals surface area (Å²) in [5.41, 5.74) is 3.37. The van der Waals surface area contributed by atoms with Gasteiger partial charge in [-0.05, 0) is 43.7 Å². The summed E-state index contributed by atoms with van der Waals surface area (Å²) >= 11 is 1.73. The van der Waals surface area contributed by atoms with Gasteiger partial charge in [-0.3, -0.25) is 4.98 Å². The minimum Gasteiger partial charge on any atom is -0.378 e. The molecular formula is C15H15N3S. The summed E-state index contributed by atoms with van der Waals surface area (Å²) in [7, 11) is 0. The Labute approximate surface area is 116 Å². The van der Waals surface area contributed by atoms with E-state index in [1.807, 2.05) is 19.2 Å². The lowest BCUT2D eigenvalue weighted by Gasteiger charge is -2.15. The van der Waals surface area contributed by atoms with Gasteiger partial charge >= 0.3 is 0 Å². The van der Waals surface area contributed by atoms with Crippen LogP contribution in [0.15, 0.2) is 42.7 Å². The molecule has 0 aliphatic rings. The van der Waals surface area contributed by atoms with E-state index < -0.39 is 0 Å². The lowest BCUT2D eigenvalue weighted by atomic mass is 10.1. The molecule has 0 radical (unpaired) electrons. The Bertz CT molecular complexity index is 691. The first-order valence-electron chi connectivity index (χ1n) is 6.26. The van der Waals surface area contributed by atoms with Crippen molar-refractivity contribution in [3.05, 3.63) is 53.3 Å². The predicted molar refractivity (Wildman–Crippen MR) is 80.6 cm³/mol. The molecule has 0 aliphatic heterocycles. The molecule has 4 heteroatoms. The molecule has 96 valence electrons. The molecule has 1 atom stereocenters. The topological polar surface area (TPSA) is 37.8 Å². The fourth-order valence-electron chi connectivity index (χ4n) is 2.10. The zero-order valence-electron chi connectivity index (χ0n) is 10.9. The number of aromatic nitrogens is 2. The molecule has 3 aromatic rings. The van der Waals surface area contributed by atoms with Crippen LogP contribution in [0.5, 0.6) is 0 Å². The van der Waals surface area contributed by atoms with E-state index in [2.05, 4.69) is 46.5 Å². The second kappa shape index (κ2) is 4.97. The molecule has 0 spiro atoms. The third kappa shape index (κ3) is 2.58. The average molecular weight is 269 g/mol. The second-order valence-corrected chi connectivity index (χ2v) is 5.80. The van der Waals surface area contributed by atoms with Crippen LogP contribution in [-0.4, -0.2) is 9.97 Å². The molecule has 1 aromatic carbocycles. The highest BCUT2D eigenvalue weighted by Gasteiger charge is 2.06. The minimum atomic E-state index is 0.236. The summed E-state index contributed by atoms with van der Waals surface area (Å²) in [6.07, 6.45) is 3.69. The molecule has 2 aromatic heterocycles. The zero-order valence-corrected chi connectivity index (χ0v) is 11.7. The smallest absolute Gasteiger partial charge is 0.0907 e. The summed E-state index contributed by atoms with van der Waals surface area (Å²) < 4.78 is 1.22. The van der Waals surface area contributed by atoms with Crippen molar-refractivity contribution in [3.63, 3.8) is 0 Å². The Hall–Kier alpha value is -1.94. The molecule has 0 bridgehead atoms. The molecule has 19 heavy (non-hydrogen) atoms. The van der Waals surface area contributed by atoms with E-state index in [9.17, 15) is 0 Å². The predicted octanol–water partition coefficient (Wildman–Crippen LogP) is 4.17. The average Bonchev–Trinajstić information content (AvgIpc) is 2.79. The highest BCUT2D eigenvalue weighted by molar-refractivity contribution is 7.18. The number of anilines is 1. The first kappa shape index (κ1) is 12.1. The maximum Gasteiger partial charge on any atom is 0.0907 e. The Morgan fingerprint density at radius 2 is 2.16 bits per heavy atom. The molecule has 1 unspecified atom stereocenters. The van der Waals surface area contributed by atoms with Gasteiger partial charge in [0.1, 0.15) is 0 Å². The first-order valence-corrected chi connectivity index (χ1v) is 7.08. The van der Waals surface area contributed by atoms with Crippen molar-refractivity contribution < 1.29 is 0 Å². The summed E-state index contributed by atoms with van der Waals surface area (Å²) in [6, 6.07) is 10.6. The quantitative estimate of drug-likeness (QED) is 0.775. The molecule has 1 N–H and O–H groups in total. The van der Waals surface area contributed by atoms with E-state index in [1.165, 1.54) is 10.3 Å². The van der Waals surface area contributed by atoms with Crippen molar-refractivity contribution in [2.45, 2.75) is 19.9 Å². The van der Waals surface area contributed by atoms with Gasteiger partial charge in [0.25, 0.3) is 0 Å². The van der Waals surface area contributed by atoms with E-state index in [-0.39, 0.29) is 6.04 Å². The van der Waals surface area contributed by atoms with Crippen molar-refractivity contribution >= 4 is 27.2 Å². The molecule has 0 saturated carbocycles. The highest BCUT2D eigenvalue weighted by Crippen LogP contribution is 2.26. The van der Waals surface area contributed by atoms with Crippen LogP contribution in [0.3, 0.4) is 0 Å². The number of benzene rings is 1. The van der Waals surface area contributed by atoms with Crippen LogP contribution >= 0.6 is 11.3 Å². The first-order chi connectivity index (χ1) is 9.22. The lowest BCUT2D eigenvalue weighted by molar-refractivity contribution is 0.876. The van der Waals surface area contributed by atoms with E-state index in [0.717, 1.165) is 16.2 Å². The van der Waals surface area contributed by atoms with Crippen LogP contribution in [-0.2, 0) is 0 Å². The van der Waals surface area contributed by atoms with Gasteiger partial charge in [0, 0.05) is 18.1 Å². The summed E-state index contributed by atoms with van der Waals surface area (Å²) in [5, 5.41) is 4.60. The maximum absolute atomic E-state index is 4.47. The maximum atomic E-state index is 4.47. The third-order valence-electron chi connectivity index (χ3n) is 3.06. The SMILES string of the molecule is Cc1nc2ccc(NC(C)c3cccnc3)cc2s1. The van der Waals surface area contributed by atoms with Gasteiger partial charge < -0.3 is 5.32 Å². The standard InChI is InChI=1S/C15H15N3S/c1-10(12-4-3-7-16-9-12)17-13-5-6-14-15(8-13)19-11(2)18-14/h3-10,17H,1-2H3. The van der Waals surface area contributed by atoms with E-state index in [4.69, 9.17) is 0 Å². The normalized spacial score (nSPS) is 12.5. The van der Waals surface area contributed by atoms with E-state index in [0.29, 0.717) is 0 Å². The molecular weight excluding hydrogens is 254 g/mol. The van der Waals surface area contributed by atoms with Gasteiger partial charge in [0.2, 0.25) is 0 Å². The van der Waals surface area contributed by atoms with Crippen molar-refractivity contribution in [1.29, 1.82) is 0 Å². The van der Waals surface area contributed by atoms with Crippen molar-refractivity contribution in [2.24, 2.45) is 0 Å². The van der Waals surface area contributed by atoms with Crippen molar-refractivity contribution in [2.75, 3.05) is 5.32 Å². The fourth-order valence-corrected chi connectivity index (χ4v) is 2.96. The number of fused-ring (bicyclic) bond motifs is 1. The van der Waals surface area contributed by atoms with E-state index >= 15 is 0 Å². The summed E-state index contributed by atoms with van der Waals surface area (Å²) in [4.78, 5) is 8.63. The van der Waals surface area contributed by atoms with Crippen LogP contribution in [0.2, 0.25) is 0 Å². The molecule has 0 amide bonds. The monoisotopic (exact) mass is 269 g/mol. The number of nitrogens with zero attached hydrogens (tertiary/aromatic N) is 2. The van der Waals surface area contributed by atoms with Gasteiger partial charge in [-0.25, -0.2) is 4.98 Å². The largest absolute Gasteiger partial charge is 0.378 e.